The van der Waals surface area contributed by atoms with Gasteiger partial charge in [0.05, 0.1) is 7.11 Å². The minimum absolute atomic E-state index is 0.0443. The van der Waals surface area contributed by atoms with Crippen LogP contribution in [0, 0.1) is 0 Å². The highest BCUT2D eigenvalue weighted by Crippen LogP contribution is 2.42. The van der Waals surface area contributed by atoms with Crippen LogP contribution in [0.15, 0.2) is 33.9 Å². The highest BCUT2D eigenvalue weighted by molar-refractivity contribution is 5.95. The van der Waals surface area contributed by atoms with Crippen molar-refractivity contribution in [3.63, 3.8) is 0 Å². The van der Waals surface area contributed by atoms with Crippen molar-refractivity contribution in [1.29, 1.82) is 0 Å². The average Bonchev–Trinajstić information content (AvgIpc) is 3.23. The Hall–Kier alpha value is -3.47. The van der Waals surface area contributed by atoms with Crippen LogP contribution in [0.5, 0.6) is 11.5 Å². The maximum Gasteiger partial charge on any atom is 0.326 e. The van der Waals surface area contributed by atoms with E-state index in [9.17, 15) is 4.79 Å². The SMILES string of the molecule is COc1cccc2c1CCC1(CCN(c3cc(/C(N)=N/N(N)CC(=O)O)on3)CC1)O2. The van der Waals surface area contributed by atoms with E-state index < -0.39 is 12.5 Å². The molecule has 1 fully saturated rings. The Morgan fingerprint density at radius 3 is 2.87 bits per heavy atom. The lowest BCUT2D eigenvalue weighted by atomic mass is 9.83. The number of hydrogen-bond donors (Lipinski definition) is 3. The van der Waals surface area contributed by atoms with Gasteiger partial charge in [-0.05, 0) is 25.0 Å². The van der Waals surface area contributed by atoms with Crippen LogP contribution in [0.25, 0.3) is 0 Å². The fourth-order valence-corrected chi connectivity index (χ4v) is 4.11. The first-order valence-electron chi connectivity index (χ1n) is 10.0. The summed E-state index contributed by atoms with van der Waals surface area (Å²) >= 11 is 0. The van der Waals surface area contributed by atoms with Crippen molar-refractivity contribution in [1.82, 2.24) is 10.3 Å². The number of carbonyl (C=O) groups is 1. The Balaban J connectivity index is 1.40. The van der Waals surface area contributed by atoms with E-state index in [-0.39, 0.29) is 17.2 Å². The molecule has 3 heterocycles. The largest absolute Gasteiger partial charge is 0.496 e. The van der Waals surface area contributed by atoms with Crippen molar-refractivity contribution < 1.29 is 23.9 Å². The molecule has 0 radical (unpaired) electrons. The minimum atomic E-state index is -1.12. The number of nitrogens with two attached hydrogens (primary N) is 2. The first-order chi connectivity index (χ1) is 14.9. The summed E-state index contributed by atoms with van der Waals surface area (Å²) in [6.45, 7) is 1.03. The monoisotopic (exact) mass is 430 g/mol. The van der Waals surface area contributed by atoms with Gasteiger partial charge < -0.3 is 29.7 Å². The van der Waals surface area contributed by atoms with Crippen LogP contribution in [0.3, 0.4) is 0 Å². The third-order valence-electron chi connectivity index (χ3n) is 5.75. The number of carboxylic acids is 1. The lowest BCUT2D eigenvalue weighted by Gasteiger charge is -2.44. The van der Waals surface area contributed by atoms with Gasteiger partial charge in [-0.1, -0.05) is 11.2 Å². The van der Waals surface area contributed by atoms with Crippen molar-refractivity contribution >= 4 is 17.6 Å². The summed E-state index contributed by atoms with van der Waals surface area (Å²) in [6, 6.07) is 7.59. The number of hydrogen-bond acceptors (Lipinski definition) is 9. The summed E-state index contributed by atoms with van der Waals surface area (Å²) in [4.78, 5) is 12.8. The number of aromatic nitrogens is 1. The van der Waals surface area contributed by atoms with Crippen molar-refractivity contribution in [3.8, 4) is 11.5 Å². The highest BCUT2D eigenvalue weighted by atomic mass is 16.5. The van der Waals surface area contributed by atoms with Crippen LogP contribution in [-0.2, 0) is 11.2 Å². The molecule has 2 aliphatic rings. The standard InChI is InChI=1S/C20H26N6O5/c1-29-14-3-2-4-15-13(14)5-6-20(30-15)7-9-25(10-8-20)17-11-16(31-24-17)19(21)23-26(22)12-18(27)28/h2-4,11H,5-10,12,22H2,1H3,(H2,21,23)(H,27,28). The molecule has 0 unspecified atom stereocenters. The summed E-state index contributed by atoms with van der Waals surface area (Å²) in [5.74, 6) is 6.97. The molecule has 11 heteroatoms. The van der Waals surface area contributed by atoms with E-state index in [1.54, 1.807) is 13.2 Å². The molecule has 0 aliphatic carbocycles. The Kier molecular flexibility index (Phi) is 5.59. The molecule has 0 saturated carbocycles. The molecular weight excluding hydrogens is 404 g/mol. The molecule has 2 aliphatic heterocycles. The predicted molar refractivity (Wildman–Crippen MR) is 112 cm³/mol. The van der Waals surface area contributed by atoms with Gasteiger partial charge in [0.25, 0.3) is 0 Å². The summed E-state index contributed by atoms with van der Waals surface area (Å²) in [6.07, 6.45) is 3.56. The van der Waals surface area contributed by atoms with Gasteiger partial charge >= 0.3 is 5.97 Å². The van der Waals surface area contributed by atoms with Crippen LogP contribution in [-0.4, -0.2) is 59.5 Å². The smallest absolute Gasteiger partial charge is 0.326 e. The predicted octanol–water partition coefficient (Wildman–Crippen LogP) is 0.928. The van der Waals surface area contributed by atoms with E-state index in [1.807, 2.05) is 18.2 Å². The number of hydrazone groups is 1. The summed E-state index contributed by atoms with van der Waals surface area (Å²) < 4.78 is 17.2. The number of anilines is 1. The van der Waals surface area contributed by atoms with Crippen LogP contribution < -0.4 is 25.9 Å². The third-order valence-corrected chi connectivity index (χ3v) is 5.75. The number of aliphatic carboxylic acids is 1. The Morgan fingerprint density at radius 2 is 2.16 bits per heavy atom. The topological polar surface area (TPSA) is 153 Å². The lowest BCUT2D eigenvalue weighted by Crippen LogP contribution is -2.50. The molecule has 0 bridgehead atoms. The summed E-state index contributed by atoms with van der Waals surface area (Å²) in [5.41, 5.74) is 6.78. The fourth-order valence-electron chi connectivity index (χ4n) is 4.11. The lowest BCUT2D eigenvalue weighted by molar-refractivity contribution is -0.138. The zero-order chi connectivity index (χ0) is 22.0. The van der Waals surface area contributed by atoms with Gasteiger partial charge in [-0.25, -0.2) is 11.0 Å². The maximum absolute atomic E-state index is 10.7. The second-order valence-corrected chi connectivity index (χ2v) is 7.74. The first kappa shape index (κ1) is 20.8. The molecule has 5 N–H and O–H groups in total. The van der Waals surface area contributed by atoms with Crippen molar-refractivity contribution in [2.75, 3.05) is 31.6 Å². The van der Waals surface area contributed by atoms with Crippen LogP contribution in [0.4, 0.5) is 5.82 Å². The van der Waals surface area contributed by atoms with Crippen molar-refractivity contribution in [3.05, 3.63) is 35.6 Å². The van der Waals surface area contributed by atoms with Crippen molar-refractivity contribution in [2.45, 2.75) is 31.3 Å². The Bertz CT molecular complexity index is 982. The van der Waals surface area contributed by atoms with E-state index in [1.165, 1.54) is 0 Å². The second kappa shape index (κ2) is 8.34. The van der Waals surface area contributed by atoms with Gasteiger partial charge in [0, 0.05) is 37.6 Å². The second-order valence-electron chi connectivity index (χ2n) is 7.74. The molecule has 11 nitrogen and oxygen atoms in total. The normalized spacial score (nSPS) is 17.7. The minimum Gasteiger partial charge on any atom is -0.496 e. The molecule has 1 aromatic carbocycles. The van der Waals surface area contributed by atoms with E-state index in [4.69, 9.17) is 30.7 Å². The molecular formula is C20H26N6O5. The van der Waals surface area contributed by atoms with Gasteiger partial charge in [-0.15, -0.1) is 5.10 Å². The summed E-state index contributed by atoms with van der Waals surface area (Å²) in [5, 5.41) is 17.3. The van der Waals surface area contributed by atoms with Gasteiger partial charge in [-0.2, -0.15) is 0 Å². The van der Waals surface area contributed by atoms with Gasteiger partial charge in [0.15, 0.2) is 18.2 Å². The molecule has 166 valence electrons. The molecule has 0 atom stereocenters. The van der Waals surface area contributed by atoms with E-state index >= 15 is 0 Å². The van der Waals surface area contributed by atoms with E-state index in [0.29, 0.717) is 5.82 Å². The van der Waals surface area contributed by atoms with Gasteiger partial charge in [0.1, 0.15) is 17.1 Å². The average molecular weight is 430 g/mol. The number of methoxy groups -OCH3 is 1. The summed E-state index contributed by atoms with van der Waals surface area (Å²) in [7, 11) is 1.68. The maximum atomic E-state index is 10.7. The Morgan fingerprint density at radius 1 is 1.39 bits per heavy atom. The third kappa shape index (κ3) is 4.36. The molecule has 2 aromatic rings. The number of ether oxygens (including phenoxy) is 2. The molecule has 1 spiro atoms. The van der Waals surface area contributed by atoms with Crippen molar-refractivity contribution in [2.24, 2.45) is 16.7 Å². The van der Waals surface area contributed by atoms with Crippen LogP contribution in [0.1, 0.15) is 30.6 Å². The van der Waals surface area contributed by atoms with E-state index in [2.05, 4.69) is 15.2 Å². The van der Waals surface area contributed by atoms with Gasteiger partial charge in [0.2, 0.25) is 5.76 Å². The number of fused-ring (bicyclic) bond motifs is 1. The molecule has 4 rings (SSSR count). The molecule has 31 heavy (non-hydrogen) atoms. The number of nitrogens with zero attached hydrogens (tertiary/aromatic N) is 4. The zero-order valence-corrected chi connectivity index (χ0v) is 17.3. The number of piperidine rings is 1. The number of hydrazine groups is 1. The number of rotatable bonds is 6. The van der Waals surface area contributed by atoms with Gasteiger partial charge in [-0.3, -0.25) is 4.79 Å². The molecule has 1 aromatic heterocycles. The van der Waals surface area contributed by atoms with Crippen LogP contribution >= 0.6 is 0 Å². The highest BCUT2D eigenvalue weighted by Gasteiger charge is 2.40. The number of benzene rings is 1. The zero-order valence-electron chi connectivity index (χ0n) is 17.3. The molecule has 1 saturated heterocycles. The fraction of sp³-hybridized carbons (Fsp3) is 0.450. The first-order valence-corrected chi connectivity index (χ1v) is 10.0. The van der Waals surface area contributed by atoms with E-state index in [0.717, 1.165) is 61.0 Å². The number of carboxylic acid groups (broad SMARTS) is 1. The number of amidine groups is 1. The van der Waals surface area contributed by atoms with Crippen LogP contribution in [0.2, 0.25) is 0 Å². The quantitative estimate of drug-likeness (QED) is 0.261. The molecule has 0 amide bonds. The Labute approximate surface area is 179 Å².